The molecule has 0 fully saturated rings. The number of aromatic nitrogens is 3. The van der Waals surface area contributed by atoms with Gasteiger partial charge in [0.15, 0.2) is 0 Å². The first-order chi connectivity index (χ1) is 9.69. The highest BCUT2D eigenvalue weighted by atomic mass is 32.1. The Kier molecular flexibility index (Phi) is 3.57. The largest absolute Gasteiger partial charge is 0.321 e. The molecule has 20 heavy (non-hydrogen) atoms. The number of hydrogen-bond acceptors (Lipinski definition) is 3. The lowest BCUT2D eigenvalue weighted by Crippen LogP contribution is -2.05. The summed E-state index contributed by atoms with van der Waals surface area (Å²) >= 11 is 1.79. The van der Waals surface area contributed by atoms with Crippen LogP contribution in [0.3, 0.4) is 0 Å². The molecule has 3 nitrogen and oxygen atoms in total. The van der Waals surface area contributed by atoms with E-state index in [2.05, 4.69) is 48.5 Å². The summed E-state index contributed by atoms with van der Waals surface area (Å²) in [6.45, 7) is 7.24. The van der Waals surface area contributed by atoms with E-state index in [1.807, 2.05) is 6.07 Å². The van der Waals surface area contributed by atoms with Crippen molar-refractivity contribution in [2.75, 3.05) is 0 Å². The van der Waals surface area contributed by atoms with Crippen molar-refractivity contribution in [3.05, 3.63) is 45.7 Å². The number of rotatable bonds is 4. The molecule has 1 aromatic carbocycles. The van der Waals surface area contributed by atoms with E-state index in [9.17, 15) is 0 Å². The molecule has 0 N–H and O–H groups in total. The molecule has 104 valence electrons. The molecule has 0 saturated carbocycles. The first-order valence-electron chi connectivity index (χ1n) is 7.06. The molecule has 4 heteroatoms. The summed E-state index contributed by atoms with van der Waals surface area (Å²) in [5.41, 5.74) is 3.44. The standard InChI is InChI=1S/C16H19N3S/c1-4-7-15-18-13-8-5-6-9-14(13)19(15)10-16-17-11(2)12(3)20-16/h5-6,8-9H,4,7,10H2,1-3H3. The Bertz CT molecular complexity index is 720. The van der Waals surface area contributed by atoms with Gasteiger partial charge in [0.25, 0.3) is 0 Å². The molecule has 3 aromatic rings. The Morgan fingerprint density at radius 2 is 1.95 bits per heavy atom. The lowest BCUT2D eigenvalue weighted by molar-refractivity contribution is 0.718. The van der Waals surface area contributed by atoms with Crippen LogP contribution in [0.2, 0.25) is 0 Å². The van der Waals surface area contributed by atoms with Crippen molar-refractivity contribution < 1.29 is 0 Å². The average Bonchev–Trinajstić information content (AvgIpc) is 2.93. The van der Waals surface area contributed by atoms with Crippen LogP contribution in [0.5, 0.6) is 0 Å². The second kappa shape index (κ2) is 5.37. The molecule has 0 saturated heterocycles. The van der Waals surface area contributed by atoms with Crippen molar-refractivity contribution in [2.24, 2.45) is 0 Å². The van der Waals surface area contributed by atoms with Gasteiger partial charge in [-0.1, -0.05) is 19.1 Å². The van der Waals surface area contributed by atoms with Crippen LogP contribution in [0.1, 0.15) is 34.7 Å². The van der Waals surface area contributed by atoms with E-state index in [-0.39, 0.29) is 0 Å². The summed E-state index contributed by atoms with van der Waals surface area (Å²) in [6, 6.07) is 8.36. The summed E-state index contributed by atoms with van der Waals surface area (Å²) < 4.78 is 2.32. The fourth-order valence-corrected chi connectivity index (χ4v) is 3.38. The van der Waals surface area contributed by atoms with E-state index in [0.29, 0.717) is 0 Å². The third kappa shape index (κ3) is 2.36. The van der Waals surface area contributed by atoms with E-state index in [4.69, 9.17) is 4.98 Å². The topological polar surface area (TPSA) is 30.7 Å². The van der Waals surface area contributed by atoms with Crippen LogP contribution < -0.4 is 0 Å². The van der Waals surface area contributed by atoms with Crippen molar-refractivity contribution in [3.8, 4) is 0 Å². The van der Waals surface area contributed by atoms with E-state index in [1.54, 1.807) is 11.3 Å². The lowest BCUT2D eigenvalue weighted by atomic mass is 10.3. The molecule has 0 amide bonds. The maximum absolute atomic E-state index is 4.77. The fourth-order valence-electron chi connectivity index (χ4n) is 2.46. The van der Waals surface area contributed by atoms with Gasteiger partial charge in [0.1, 0.15) is 10.8 Å². The SMILES string of the molecule is CCCc1nc2ccccc2n1Cc1nc(C)c(C)s1. The zero-order valence-corrected chi connectivity index (χ0v) is 13.0. The minimum atomic E-state index is 0.829. The van der Waals surface area contributed by atoms with Crippen LogP contribution in [-0.2, 0) is 13.0 Å². The second-order valence-electron chi connectivity index (χ2n) is 5.10. The van der Waals surface area contributed by atoms with Crippen LogP contribution in [0.4, 0.5) is 0 Å². The van der Waals surface area contributed by atoms with Gasteiger partial charge in [0, 0.05) is 11.3 Å². The average molecular weight is 285 g/mol. The zero-order valence-electron chi connectivity index (χ0n) is 12.2. The summed E-state index contributed by atoms with van der Waals surface area (Å²) in [7, 11) is 0. The predicted octanol–water partition coefficient (Wildman–Crippen LogP) is 4.11. The van der Waals surface area contributed by atoms with E-state index in [1.165, 1.54) is 21.2 Å². The van der Waals surface area contributed by atoms with Crippen molar-refractivity contribution >= 4 is 22.4 Å². The quantitative estimate of drug-likeness (QED) is 0.722. The van der Waals surface area contributed by atoms with Crippen LogP contribution in [-0.4, -0.2) is 14.5 Å². The van der Waals surface area contributed by atoms with Gasteiger partial charge in [0.05, 0.1) is 23.3 Å². The maximum atomic E-state index is 4.77. The molecule has 3 rings (SSSR count). The number of hydrogen-bond donors (Lipinski definition) is 0. The first kappa shape index (κ1) is 13.3. The number of fused-ring (bicyclic) bond motifs is 1. The summed E-state index contributed by atoms with van der Waals surface area (Å²) in [5, 5.41) is 1.17. The highest BCUT2D eigenvalue weighted by Crippen LogP contribution is 2.22. The predicted molar refractivity (Wildman–Crippen MR) is 84.4 cm³/mol. The molecule has 0 unspecified atom stereocenters. The molecule has 0 bridgehead atoms. The Hall–Kier alpha value is -1.68. The van der Waals surface area contributed by atoms with Crippen LogP contribution in [0, 0.1) is 13.8 Å². The van der Waals surface area contributed by atoms with Gasteiger partial charge in [0.2, 0.25) is 0 Å². The lowest BCUT2D eigenvalue weighted by Gasteiger charge is -2.06. The maximum Gasteiger partial charge on any atom is 0.113 e. The first-order valence-corrected chi connectivity index (χ1v) is 7.87. The number of nitrogens with zero attached hydrogens (tertiary/aromatic N) is 3. The molecule has 2 heterocycles. The molecule has 2 aromatic heterocycles. The molecular weight excluding hydrogens is 266 g/mol. The highest BCUT2D eigenvalue weighted by Gasteiger charge is 2.12. The zero-order chi connectivity index (χ0) is 14.1. The Morgan fingerprint density at radius 3 is 2.65 bits per heavy atom. The molecule has 0 aliphatic carbocycles. The summed E-state index contributed by atoms with van der Waals surface area (Å²) in [6.07, 6.45) is 2.12. The van der Waals surface area contributed by atoms with Gasteiger partial charge in [-0.25, -0.2) is 9.97 Å². The van der Waals surface area contributed by atoms with Gasteiger partial charge >= 0.3 is 0 Å². The van der Waals surface area contributed by atoms with Gasteiger partial charge in [-0.3, -0.25) is 0 Å². The van der Waals surface area contributed by atoms with Crippen molar-refractivity contribution in [2.45, 2.75) is 40.2 Å². The van der Waals surface area contributed by atoms with Crippen molar-refractivity contribution in [3.63, 3.8) is 0 Å². The van der Waals surface area contributed by atoms with Crippen LogP contribution in [0.25, 0.3) is 11.0 Å². The normalized spacial score (nSPS) is 11.3. The monoisotopic (exact) mass is 285 g/mol. The van der Waals surface area contributed by atoms with E-state index in [0.717, 1.165) is 30.6 Å². The Morgan fingerprint density at radius 1 is 1.15 bits per heavy atom. The van der Waals surface area contributed by atoms with Crippen LogP contribution >= 0.6 is 11.3 Å². The van der Waals surface area contributed by atoms with Crippen molar-refractivity contribution in [1.82, 2.24) is 14.5 Å². The number of thiazole rings is 1. The van der Waals surface area contributed by atoms with E-state index >= 15 is 0 Å². The van der Waals surface area contributed by atoms with Gasteiger partial charge in [-0.2, -0.15) is 0 Å². The third-order valence-electron chi connectivity index (χ3n) is 3.57. The third-order valence-corrected chi connectivity index (χ3v) is 4.63. The Balaban J connectivity index is 2.06. The summed E-state index contributed by atoms with van der Waals surface area (Å²) in [5.74, 6) is 1.17. The number of para-hydroxylation sites is 2. The minimum Gasteiger partial charge on any atom is -0.321 e. The minimum absolute atomic E-state index is 0.829. The fraction of sp³-hybridized carbons (Fsp3) is 0.375. The molecule has 0 aliphatic heterocycles. The number of benzene rings is 1. The van der Waals surface area contributed by atoms with Crippen molar-refractivity contribution in [1.29, 1.82) is 0 Å². The van der Waals surface area contributed by atoms with Gasteiger partial charge in [-0.15, -0.1) is 11.3 Å². The number of aryl methyl sites for hydroxylation is 3. The smallest absolute Gasteiger partial charge is 0.113 e. The molecular formula is C16H19N3S. The number of imidazole rings is 1. The van der Waals surface area contributed by atoms with Gasteiger partial charge < -0.3 is 4.57 Å². The highest BCUT2D eigenvalue weighted by molar-refractivity contribution is 7.11. The molecule has 0 aliphatic rings. The Labute approximate surface area is 123 Å². The second-order valence-corrected chi connectivity index (χ2v) is 6.39. The molecule has 0 atom stereocenters. The summed E-state index contributed by atoms with van der Waals surface area (Å²) in [4.78, 5) is 10.7. The molecule has 0 spiro atoms. The van der Waals surface area contributed by atoms with Crippen LogP contribution in [0.15, 0.2) is 24.3 Å². The van der Waals surface area contributed by atoms with E-state index < -0.39 is 0 Å². The molecule has 0 radical (unpaired) electrons. The van der Waals surface area contributed by atoms with Gasteiger partial charge in [-0.05, 0) is 32.4 Å².